The molecule has 0 atom stereocenters. The smallest absolute Gasteiger partial charge is 0.413 e. The molecule has 0 fully saturated rings. The highest BCUT2D eigenvalue weighted by molar-refractivity contribution is 6.05. The summed E-state index contributed by atoms with van der Waals surface area (Å²) < 4.78 is 44.5. The lowest BCUT2D eigenvalue weighted by molar-refractivity contribution is -0.114. The third-order valence-electron chi connectivity index (χ3n) is 3.38. The molecule has 0 saturated carbocycles. The predicted octanol–water partition coefficient (Wildman–Crippen LogP) is 0.525. The van der Waals surface area contributed by atoms with E-state index in [1.54, 1.807) is 6.92 Å². The van der Waals surface area contributed by atoms with E-state index in [0.29, 0.717) is 0 Å². The number of aryl methyl sites for hydroxylation is 1. The molecule has 0 aliphatic heterocycles. The Hall–Kier alpha value is -2.51. The SMILES string of the molecule is C=c1oc(C)n/c1=C1\CC(N)=C(C(N)=O)\C1=C(\C)C(F)(F)F. The molecule has 1 aliphatic carbocycles. The fourth-order valence-corrected chi connectivity index (χ4v) is 2.42. The molecule has 8 heteroatoms. The van der Waals surface area contributed by atoms with Crippen molar-refractivity contribution in [1.82, 2.24) is 4.98 Å². The number of allylic oxidation sites excluding steroid dienone is 2. The molecule has 0 aromatic carbocycles. The van der Waals surface area contributed by atoms with Gasteiger partial charge >= 0.3 is 6.18 Å². The van der Waals surface area contributed by atoms with Crippen LogP contribution in [0.15, 0.2) is 26.8 Å². The molecule has 1 aliphatic rings. The van der Waals surface area contributed by atoms with Crippen LogP contribution in [0.2, 0.25) is 0 Å². The average molecular weight is 313 g/mol. The van der Waals surface area contributed by atoms with Gasteiger partial charge in [0.15, 0.2) is 5.89 Å². The number of rotatable bonds is 1. The fourth-order valence-electron chi connectivity index (χ4n) is 2.42. The number of hydrogen-bond acceptors (Lipinski definition) is 4. The van der Waals surface area contributed by atoms with Crippen LogP contribution < -0.4 is 22.2 Å². The van der Waals surface area contributed by atoms with Crippen LogP contribution in [0.5, 0.6) is 0 Å². The molecule has 1 heterocycles. The zero-order valence-electron chi connectivity index (χ0n) is 12.0. The van der Waals surface area contributed by atoms with Crippen molar-refractivity contribution in [2.75, 3.05) is 0 Å². The zero-order valence-corrected chi connectivity index (χ0v) is 12.0. The monoisotopic (exact) mass is 313 g/mol. The lowest BCUT2D eigenvalue weighted by Crippen LogP contribution is -2.26. The highest BCUT2D eigenvalue weighted by Crippen LogP contribution is 2.41. The van der Waals surface area contributed by atoms with Crippen LogP contribution in [0.25, 0.3) is 12.2 Å². The van der Waals surface area contributed by atoms with Gasteiger partial charge in [-0.15, -0.1) is 0 Å². The second-order valence-electron chi connectivity index (χ2n) is 4.92. The molecule has 4 N–H and O–H groups in total. The Bertz CT molecular complexity index is 828. The Morgan fingerprint density at radius 2 is 2.00 bits per heavy atom. The van der Waals surface area contributed by atoms with Gasteiger partial charge in [0.25, 0.3) is 5.91 Å². The van der Waals surface area contributed by atoms with Crippen LogP contribution in [0, 0.1) is 6.92 Å². The first kappa shape index (κ1) is 15.9. The summed E-state index contributed by atoms with van der Waals surface area (Å²) in [5.41, 5.74) is 9.50. The largest absolute Gasteiger partial charge is 0.442 e. The van der Waals surface area contributed by atoms with E-state index < -0.39 is 17.7 Å². The molecule has 118 valence electrons. The van der Waals surface area contributed by atoms with Crippen molar-refractivity contribution in [2.24, 2.45) is 11.5 Å². The van der Waals surface area contributed by atoms with E-state index in [-0.39, 0.29) is 45.5 Å². The Morgan fingerprint density at radius 1 is 1.41 bits per heavy atom. The van der Waals surface area contributed by atoms with Gasteiger partial charge in [-0.1, -0.05) is 6.58 Å². The van der Waals surface area contributed by atoms with E-state index in [1.807, 2.05) is 0 Å². The number of oxazole rings is 1. The predicted molar refractivity (Wildman–Crippen MR) is 73.2 cm³/mol. The number of alkyl halides is 3. The maximum absolute atomic E-state index is 13.1. The first-order valence-corrected chi connectivity index (χ1v) is 6.26. The molecule has 22 heavy (non-hydrogen) atoms. The topological polar surface area (TPSA) is 95.1 Å². The molecule has 0 spiro atoms. The van der Waals surface area contributed by atoms with Gasteiger partial charge in [-0.3, -0.25) is 4.79 Å². The van der Waals surface area contributed by atoms with Gasteiger partial charge in [0.05, 0.1) is 5.57 Å². The number of nitrogens with zero attached hydrogens (tertiary/aromatic N) is 1. The number of carbonyl (C=O) groups is 1. The first-order valence-electron chi connectivity index (χ1n) is 6.26. The van der Waals surface area contributed by atoms with Gasteiger partial charge < -0.3 is 15.9 Å². The molecule has 0 unspecified atom stereocenters. The first-order chi connectivity index (χ1) is 10.0. The number of halogens is 3. The number of aromatic nitrogens is 1. The lowest BCUT2D eigenvalue weighted by Gasteiger charge is -2.13. The van der Waals surface area contributed by atoms with Gasteiger partial charge in [0.1, 0.15) is 10.8 Å². The molecule has 1 amide bonds. The molecule has 1 aromatic heterocycles. The van der Waals surface area contributed by atoms with Crippen LogP contribution in [0.4, 0.5) is 13.2 Å². The summed E-state index contributed by atoms with van der Waals surface area (Å²) in [5.74, 6) is -0.764. The number of amides is 1. The van der Waals surface area contributed by atoms with E-state index in [9.17, 15) is 18.0 Å². The summed E-state index contributed by atoms with van der Waals surface area (Å²) in [4.78, 5) is 15.6. The van der Waals surface area contributed by atoms with Crippen molar-refractivity contribution in [1.29, 1.82) is 0 Å². The van der Waals surface area contributed by atoms with Crippen molar-refractivity contribution < 1.29 is 22.4 Å². The van der Waals surface area contributed by atoms with Gasteiger partial charge in [-0.05, 0) is 12.5 Å². The number of primary amides is 1. The van der Waals surface area contributed by atoms with Crippen molar-refractivity contribution in [3.8, 4) is 0 Å². The maximum atomic E-state index is 13.1. The molecule has 0 radical (unpaired) electrons. The molecule has 0 saturated heterocycles. The summed E-state index contributed by atoms with van der Waals surface area (Å²) in [6, 6.07) is 0. The second kappa shape index (κ2) is 5.04. The number of hydrogen-bond donors (Lipinski definition) is 2. The minimum Gasteiger partial charge on any atom is -0.442 e. The van der Waals surface area contributed by atoms with E-state index in [1.165, 1.54) is 0 Å². The summed E-state index contributed by atoms with van der Waals surface area (Å²) in [7, 11) is 0. The van der Waals surface area contributed by atoms with Crippen molar-refractivity contribution in [3.05, 3.63) is 39.1 Å². The second-order valence-corrected chi connectivity index (χ2v) is 4.92. The van der Waals surface area contributed by atoms with Crippen LogP contribution in [-0.2, 0) is 4.79 Å². The summed E-state index contributed by atoms with van der Waals surface area (Å²) >= 11 is 0. The third-order valence-corrected chi connectivity index (χ3v) is 3.38. The normalized spacial score (nSPS) is 20.6. The van der Waals surface area contributed by atoms with Crippen molar-refractivity contribution in [3.63, 3.8) is 0 Å². The minimum atomic E-state index is -4.63. The number of nitrogens with two attached hydrogens (primary N) is 2. The lowest BCUT2D eigenvalue weighted by atomic mass is 9.97. The minimum absolute atomic E-state index is 0.0267. The van der Waals surface area contributed by atoms with Crippen LogP contribution in [-0.4, -0.2) is 17.1 Å². The van der Waals surface area contributed by atoms with E-state index >= 15 is 0 Å². The van der Waals surface area contributed by atoms with Crippen LogP contribution in [0.1, 0.15) is 19.2 Å². The van der Waals surface area contributed by atoms with Crippen LogP contribution in [0.3, 0.4) is 0 Å². The Balaban J connectivity index is 2.92. The van der Waals surface area contributed by atoms with Crippen molar-refractivity contribution >= 4 is 18.1 Å². The standard InChI is InChI=1S/C14H14F3N3O2/c1-5(14(15,16)17)10-8(4-9(18)11(10)13(19)21)12-6(2)22-7(3)20-12/h2,4,18H2,1,3H3,(H2,19,21)/b10-5-,12-8+. The van der Waals surface area contributed by atoms with Gasteiger partial charge in [-0.2, -0.15) is 13.2 Å². The Morgan fingerprint density at radius 3 is 2.41 bits per heavy atom. The summed E-state index contributed by atoms with van der Waals surface area (Å²) in [6.45, 7) is 6.02. The molecule has 5 nitrogen and oxygen atoms in total. The quantitative estimate of drug-likeness (QED) is 0.790. The molecular weight excluding hydrogens is 299 g/mol. The molecule has 2 rings (SSSR count). The Labute approximate surface area is 123 Å². The maximum Gasteiger partial charge on any atom is 0.413 e. The molecule has 1 aromatic rings. The Kier molecular flexibility index (Phi) is 3.64. The highest BCUT2D eigenvalue weighted by Gasteiger charge is 2.39. The third kappa shape index (κ3) is 2.51. The van der Waals surface area contributed by atoms with Crippen LogP contribution >= 0.6 is 0 Å². The zero-order chi connectivity index (χ0) is 16.8. The van der Waals surface area contributed by atoms with Gasteiger partial charge in [-0.25, -0.2) is 4.98 Å². The molecule has 0 bridgehead atoms. The van der Waals surface area contributed by atoms with E-state index in [2.05, 4.69) is 11.6 Å². The summed E-state index contributed by atoms with van der Waals surface area (Å²) in [5, 5.41) is 0.148. The summed E-state index contributed by atoms with van der Waals surface area (Å²) in [6.07, 6.45) is -4.71. The molecular formula is C14H14F3N3O2. The average Bonchev–Trinajstić information content (AvgIpc) is 2.86. The fraction of sp³-hybridized carbons (Fsp3) is 0.286. The number of carbonyl (C=O) groups excluding carboxylic acids is 1. The van der Waals surface area contributed by atoms with Gasteiger partial charge in [0.2, 0.25) is 0 Å². The van der Waals surface area contributed by atoms with E-state index in [0.717, 1.165) is 6.92 Å². The van der Waals surface area contributed by atoms with Gasteiger partial charge in [0, 0.05) is 30.2 Å². The van der Waals surface area contributed by atoms with Crippen molar-refractivity contribution in [2.45, 2.75) is 26.4 Å². The highest BCUT2D eigenvalue weighted by atomic mass is 19.4. The van der Waals surface area contributed by atoms with E-state index in [4.69, 9.17) is 15.9 Å².